The lowest BCUT2D eigenvalue weighted by molar-refractivity contribution is 1.33. The van der Waals surface area contributed by atoms with E-state index in [9.17, 15) is 0 Å². The zero-order chi connectivity index (χ0) is 15.2. The Bertz CT molecular complexity index is 720. The number of benzene rings is 2. The van der Waals surface area contributed by atoms with E-state index in [-0.39, 0.29) is 0 Å². The van der Waals surface area contributed by atoms with Crippen molar-refractivity contribution in [2.75, 3.05) is 6.26 Å². The van der Waals surface area contributed by atoms with Gasteiger partial charge in [-0.25, -0.2) is 0 Å². The van der Waals surface area contributed by atoms with Gasteiger partial charge in [-0.3, -0.25) is 0 Å². The number of hydrogen-bond donors (Lipinski definition) is 0. The minimum absolute atomic E-state index is 0.594. The fraction of sp³-hybridized carbons (Fsp3) is 0.125. The highest BCUT2D eigenvalue weighted by atomic mass is 35.5. The van der Waals surface area contributed by atoms with Gasteiger partial charge in [0, 0.05) is 27.6 Å². The summed E-state index contributed by atoms with van der Waals surface area (Å²) in [6, 6.07) is 13.4. The second-order valence-corrected chi connectivity index (χ2v) is 5.97. The van der Waals surface area contributed by atoms with Gasteiger partial charge in [-0.2, -0.15) is 10.3 Å². The number of rotatable bonds is 3. The van der Waals surface area contributed by atoms with Gasteiger partial charge in [0.25, 0.3) is 0 Å². The topological polar surface area (TPSA) is 36.1 Å². The molecule has 0 fully saturated rings. The number of aliphatic imine (C=N–C) groups is 1. The van der Waals surface area contributed by atoms with Crippen molar-refractivity contribution in [2.24, 2.45) is 4.99 Å². The van der Waals surface area contributed by atoms with Crippen molar-refractivity contribution in [1.29, 1.82) is 5.26 Å². The smallest absolute Gasteiger partial charge is 0.171 e. The van der Waals surface area contributed by atoms with Gasteiger partial charge in [-0.15, -0.1) is 11.8 Å². The van der Waals surface area contributed by atoms with Crippen molar-refractivity contribution in [3.63, 3.8) is 0 Å². The van der Waals surface area contributed by atoms with Crippen LogP contribution in [0.5, 0.6) is 0 Å². The van der Waals surface area contributed by atoms with Gasteiger partial charge in [0.15, 0.2) is 0 Å². The Morgan fingerprint density at radius 3 is 2.48 bits per heavy atom. The Labute approximate surface area is 138 Å². The van der Waals surface area contributed by atoms with Gasteiger partial charge >= 0.3 is 0 Å². The molecule has 2 aromatic carbocycles. The summed E-state index contributed by atoms with van der Waals surface area (Å²) in [7, 11) is 0. The molecule has 0 saturated heterocycles. The predicted molar refractivity (Wildman–Crippen MR) is 92.2 cm³/mol. The van der Waals surface area contributed by atoms with Crippen LogP contribution in [-0.2, 0) is 6.42 Å². The Morgan fingerprint density at radius 2 is 1.86 bits per heavy atom. The summed E-state index contributed by atoms with van der Waals surface area (Å²) in [6.45, 7) is 0. The molecule has 0 aliphatic carbocycles. The molecule has 2 rings (SSSR count). The number of nitriles is 1. The molecule has 0 N–H and O–H groups in total. The summed E-state index contributed by atoms with van der Waals surface area (Å²) in [6.07, 6.45) is 4.31. The summed E-state index contributed by atoms with van der Waals surface area (Å²) < 4.78 is 0. The Hall–Kier alpha value is -1.47. The zero-order valence-electron chi connectivity index (χ0n) is 11.3. The first kappa shape index (κ1) is 15.9. The number of nitrogens with zero attached hydrogens (tertiary/aromatic N) is 2. The second-order valence-electron chi connectivity index (χ2n) is 4.28. The third kappa shape index (κ3) is 4.01. The van der Waals surface area contributed by atoms with Crippen LogP contribution in [0.1, 0.15) is 5.56 Å². The zero-order valence-corrected chi connectivity index (χ0v) is 13.6. The normalized spacial score (nSPS) is 11.2. The standard InChI is InChI=1S/C16H12Cl2N2S/c1-21-16(20-10-19)9-11-6-7-13(15(18)8-11)12-4-2-3-5-14(12)17/h2-8H,9H2,1H3/b20-16-. The van der Waals surface area contributed by atoms with Gasteiger partial charge in [-0.05, 0) is 24.0 Å². The molecule has 0 amide bonds. The van der Waals surface area contributed by atoms with E-state index >= 15 is 0 Å². The molecule has 0 saturated carbocycles. The average molecular weight is 335 g/mol. The molecular weight excluding hydrogens is 323 g/mol. The summed E-state index contributed by atoms with van der Waals surface area (Å²) in [5.74, 6) is 0. The van der Waals surface area contributed by atoms with Crippen LogP contribution in [0.2, 0.25) is 10.0 Å². The van der Waals surface area contributed by atoms with Crippen molar-refractivity contribution in [3.05, 3.63) is 58.1 Å². The molecular formula is C16H12Cl2N2S. The third-order valence-corrected chi connectivity index (χ3v) is 4.31. The van der Waals surface area contributed by atoms with E-state index in [2.05, 4.69) is 4.99 Å². The molecule has 5 heteroatoms. The van der Waals surface area contributed by atoms with Crippen LogP contribution in [0.3, 0.4) is 0 Å². The minimum Gasteiger partial charge on any atom is -0.171 e. The van der Waals surface area contributed by atoms with E-state index in [1.807, 2.05) is 54.9 Å². The van der Waals surface area contributed by atoms with Crippen molar-refractivity contribution in [2.45, 2.75) is 6.42 Å². The molecule has 0 aliphatic rings. The van der Waals surface area contributed by atoms with Crippen LogP contribution in [0.25, 0.3) is 11.1 Å². The van der Waals surface area contributed by atoms with Crippen molar-refractivity contribution in [3.8, 4) is 17.3 Å². The lowest BCUT2D eigenvalue weighted by Gasteiger charge is -2.09. The number of halogens is 2. The molecule has 2 nitrogen and oxygen atoms in total. The summed E-state index contributed by atoms with van der Waals surface area (Å²) in [4.78, 5) is 3.78. The molecule has 0 atom stereocenters. The van der Waals surface area contributed by atoms with Gasteiger partial charge < -0.3 is 0 Å². The van der Waals surface area contributed by atoms with Gasteiger partial charge in [0.05, 0.1) is 5.04 Å². The predicted octanol–water partition coefficient (Wildman–Crippen LogP) is 5.45. The molecule has 21 heavy (non-hydrogen) atoms. The maximum absolute atomic E-state index is 8.63. The lowest BCUT2D eigenvalue weighted by Crippen LogP contribution is -1.97. The van der Waals surface area contributed by atoms with E-state index in [0.29, 0.717) is 16.5 Å². The molecule has 2 aromatic rings. The maximum Gasteiger partial charge on any atom is 0.206 e. The van der Waals surface area contributed by atoms with Crippen molar-refractivity contribution < 1.29 is 0 Å². The summed E-state index contributed by atoms with van der Waals surface area (Å²) >= 11 is 14.0. The van der Waals surface area contributed by atoms with Crippen LogP contribution >= 0.6 is 35.0 Å². The molecule has 0 aliphatic heterocycles. The van der Waals surface area contributed by atoms with E-state index in [1.165, 1.54) is 11.8 Å². The van der Waals surface area contributed by atoms with E-state index in [0.717, 1.165) is 21.7 Å². The molecule has 0 spiro atoms. The van der Waals surface area contributed by atoms with Crippen molar-refractivity contribution in [1.82, 2.24) is 0 Å². The van der Waals surface area contributed by atoms with Gasteiger partial charge in [-0.1, -0.05) is 53.5 Å². The molecule has 0 radical (unpaired) electrons. The second kappa shape index (κ2) is 7.51. The highest BCUT2D eigenvalue weighted by Crippen LogP contribution is 2.33. The average Bonchev–Trinajstić information content (AvgIpc) is 2.48. The quantitative estimate of drug-likeness (QED) is 0.425. The Morgan fingerprint density at radius 1 is 1.14 bits per heavy atom. The van der Waals surface area contributed by atoms with Crippen LogP contribution in [0.15, 0.2) is 47.5 Å². The monoisotopic (exact) mass is 334 g/mol. The first-order chi connectivity index (χ1) is 10.2. The number of thioether (sulfide) groups is 1. The SMILES string of the molecule is CS/C(Cc1ccc(-c2ccccc2Cl)c(Cl)c1)=N\C#N. The van der Waals surface area contributed by atoms with E-state index < -0.39 is 0 Å². The summed E-state index contributed by atoms with van der Waals surface area (Å²) in [5, 5.41) is 10.7. The van der Waals surface area contributed by atoms with Gasteiger partial charge in [0.1, 0.15) is 0 Å². The van der Waals surface area contributed by atoms with E-state index in [1.54, 1.807) is 0 Å². The molecule has 0 aromatic heterocycles. The van der Waals surface area contributed by atoms with Crippen LogP contribution in [-0.4, -0.2) is 11.3 Å². The van der Waals surface area contributed by atoms with Crippen molar-refractivity contribution >= 4 is 40.0 Å². The minimum atomic E-state index is 0.594. The first-order valence-corrected chi connectivity index (χ1v) is 8.16. The van der Waals surface area contributed by atoms with Crippen LogP contribution in [0, 0.1) is 11.5 Å². The van der Waals surface area contributed by atoms with Gasteiger partial charge in [0.2, 0.25) is 6.19 Å². The fourth-order valence-corrected chi connectivity index (χ4v) is 2.94. The Balaban J connectivity index is 2.33. The lowest BCUT2D eigenvalue weighted by atomic mass is 10.0. The third-order valence-electron chi connectivity index (χ3n) is 2.96. The maximum atomic E-state index is 8.63. The largest absolute Gasteiger partial charge is 0.206 e. The van der Waals surface area contributed by atoms with Crippen LogP contribution in [0.4, 0.5) is 0 Å². The molecule has 0 heterocycles. The highest BCUT2D eigenvalue weighted by Gasteiger charge is 2.09. The first-order valence-electron chi connectivity index (χ1n) is 6.18. The molecule has 0 unspecified atom stereocenters. The molecule has 0 bridgehead atoms. The summed E-state index contributed by atoms with van der Waals surface area (Å²) in [5.41, 5.74) is 2.82. The van der Waals surface area contributed by atoms with E-state index in [4.69, 9.17) is 28.5 Å². The number of hydrogen-bond acceptors (Lipinski definition) is 3. The van der Waals surface area contributed by atoms with Crippen LogP contribution < -0.4 is 0 Å². The Kier molecular flexibility index (Phi) is 5.69. The fourth-order valence-electron chi connectivity index (χ4n) is 1.95. The highest BCUT2D eigenvalue weighted by molar-refractivity contribution is 8.13. The molecule has 106 valence electrons.